The average Bonchev–Trinajstić information content (AvgIpc) is 2.40. The molecule has 0 aliphatic rings. The quantitative estimate of drug-likeness (QED) is 0.246. The molecule has 0 aromatic heterocycles. The molecule has 0 N–H and O–H groups in total. The first-order chi connectivity index (χ1) is 12.5. The average molecular weight is 593 g/mol. The Labute approximate surface area is 225 Å². The molecule has 0 heterocycles. The third kappa shape index (κ3) is 19.4. The third-order valence-electron chi connectivity index (χ3n) is 6.75. The Morgan fingerprint density at radius 2 is 0.355 bits per heavy atom. The van der Waals surface area contributed by atoms with Gasteiger partial charge in [0.1, 0.15) is 0 Å². The van der Waals surface area contributed by atoms with Crippen LogP contribution in [-0.2, 0) is 0 Å². The van der Waals surface area contributed by atoms with Gasteiger partial charge in [-0.25, -0.2) is 0 Å². The summed E-state index contributed by atoms with van der Waals surface area (Å²) in [5, 5.41) is 3.27. The molecular formula is C27H65Si3Sn. The molecule has 0 saturated carbocycles. The normalized spacial score (nSPS) is 13.9. The van der Waals surface area contributed by atoms with Crippen LogP contribution < -0.4 is 0 Å². The molecule has 0 nitrogen and oxygen atoms in total. The maximum absolute atomic E-state index is 2.44. The van der Waals surface area contributed by atoms with Crippen LogP contribution in [0, 0.1) is 0 Å². The molecule has 0 rings (SSSR count). The number of rotatable bonds is 0. The van der Waals surface area contributed by atoms with Gasteiger partial charge in [-0.15, -0.1) is 0 Å². The van der Waals surface area contributed by atoms with E-state index in [9.17, 15) is 0 Å². The van der Waals surface area contributed by atoms with Gasteiger partial charge in [-0.05, 0) is 30.2 Å². The summed E-state index contributed by atoms with van der Waals surface area (Å²) in [5.74, 6) is 0. The van der Waals surface area contributed by atoms with Gasteiger partial charge in [0.05, 0.1) is 26.4 Å². The van der Waals surface area contributed by atoms with E-state index in [0.29, 0.717) is 30.2 Å². The molecule has 189 valence electrons. The van der Waals surface area contributed by atoms with Crippen molar-refractivity contribution in [2.45, 2.75) is 174 Å². The Kier molecular flexibility index (Phi) is 17.3. The Morgan fingerprint density at radius 3 is 0.355 bits per heavy atom. The van der Waals surface area contributed by atoms with E-state index in [-0.39, 0.29) is 51.7 Å². The van der Waals surface area contributed by atoms with Crippen molar-refractivity contribution in [3.8, 4) is 0 Å². The van der Waals surface area contributed by atoms with Gasteiger partial charge in [-0.2, -0.15) is 0 Å². The molecular weight excluding hydrogens is 527 g/mol. The molecule has 0 atom stereocenters. The molecule has 4 heteroatoms. The fourth-order valence-electron chi connectivity index (χ4n) is 3.38. The summed E-state index contributed by atoms with van der Waals surface area (Å²) in [6.45, 7) is 49.7. The summed E-state index contributed by atoms with van der Waals surface area (Å²) < 4.78 is 0. The summed E-state index contributed by atoms with van der Waals surface area (Å²) in [5.41, 5.74) is 0. The molecule has 0 aliphatic carbocycles. The van der Waals surface area contributed by atoms with Crippen molar-refractivity contribution in [3.63, 3.8) is 0 Å². The first kappa shape index (κ1) is 39.7. The first-order valence-corrected chi connectivity index (χ1v) is 18.0. The van der Waals surface area contributed by atoms with Crippen molar-refractivity contribution in [2.75, 3.05) is 0 Å². The van der Waals surface area contributed by atoms with Crippen molar-refractivity contribution >= 4 is 50.3 Å². The van der Waals surface area contributed by atoms with Gasteiger partial charge >= 0.3 is 0 Å². The second-order valence-electron chi connectivity index (χ2n) is 15.4. The van der Waals surface area contributed by atoms with Crippen LogP contribution in [0.15, 0.2) is 0 Å². The third-order valence-corrected chi connectivity index (χ3v) is 20.2. The molecule has 0 aromatic carbocycles. The smallest absolute Gasteiger partial charge is 0.0561 e. The van der Waals surface area contributed by atoms with Crippen LogP contribution in [-0.4, -0.2) is 50.3 Å². The van der Waals surface area contributed by atoms with Crippen LogP contribution in [0.5, 0.6) is 0 Å². The van der Waals surface area contributed by atoms with E-state index in [1.165, 1.54) is 0 Å². The molecule has 0 spiro atoms. The molecule has 0 amide bonds. The fraction of sp³-hybridized carbons (Fsp3) is 1.00. The predicted molar refractivity (Wildman–Crippen MR) is 161 cm³/mol. The second-order valence-corrected chi connectivity index (χ2v) is 28.1. The van der Waals surface area contributed by atoms with E-state index in [0.717, 1.165) is 0 Å². The van der Waals surface area contributed by atoms with Gasteiger partial charge in [0.15, 0.2) is 0 Å². The van der Waals surface area contributed by atoms with Crippen LogP contribution in [0.25, 0.3) is 0 Å². The zero-order valence-corrected chi connectivity index (χ0v) is 31.9. The van der Waals surface area contributed by atoms with Crippen molar-refractivity contribution in [1.82, 2.24) is 0 Å². The number of hydrogen-bond acceptors (Lipinski definition) is 0. The van der Waals surface area contributed by atoms with Crippen molar-refractivity contribution < 1.29 is 1.43 Å². The molecule has 0 saturated heterocycles. The largest absolute Gasteiger partial charge is 0.0703 e. The van der Waals surface area contributed by atoms with Gasteiger partial charge in [0.2, 0.25) is 0 Å². The summed E-state index contributed by atoms with van der Waals surface area (Å²) in [6, 6.07) is 0. The summed E-state index contributed by atoms with van der Waals surface area (Å²) in [4.78, 5) is 0. The fourth-order valence-corrected chi connectivity index (χ4v) is 10.1. The molecule has 0 aromatic rings. The van der Waals surface area contributed by atoms with E-state index in [4.69, 9.17) is 0 Å². The minimum Gasteiger partial charge on any atom is -0.0703 e. The molecule has 7 radical (unpaired) electrons. The van der Waals surface area contributed by atoms with Gasteiger partial charge in [-0.1, -0.05) is 144 Å². The van der Waals surface area contributed by atoms with Crippen molar-refractivity contribution in [2.24, 2.45) is 0 Å². The Bertz CT molecular complexity index is 351. The maximum atomic E-state index is 2.44. The first-order valence-electron chi connectivity index (χ1n) is 12.0. The van der Waals surface area contributed by atoms with Crippen LogP contribution in [0.4, 0.5) is 0 Å². The minimum absolute atomic E-state index is 0. The Hall–Kier alpha value is 1.45. The zero-order valence-electron chi connectivity index (χ0n) is 26.0. The zero-order chi connectivity index (χ0) is 25.7. The molecule has 0 bridgehead atoms. The van der Waals surface area contributed by atoms with E-state index < -0.39 is 0 Å². The van der Waals surface area contributed by atoms with Crippen LogP contribution in [0.2, 0.25) is 49.9 Å². The standard InChI is InChI=1S/3C9H21Si.Sn.H2/c3*1-8(2,3)10(7)9(4,5)6;;/h3*1-7H3;;1H. The van der Waals surface area contributed by atoms with E-state index in [1.807, 2.05) is 0 Å². The molecule has 0 unspecified atom stereocenters. The monoisotopic (exact) mass is 593 g/mol. The molecule has 0 fully saturated rings. The van der Waals surface area contributed by atoms with Gasteiger partial charge in [-0.3, -0.25) is 0 Å². The van der Waals surface area contributed by atoms with E-state index >= 15 is 0 Å². The summed E-state index contributed by atoms with van der Waals surface area (Å²) in [7, 11) is -0.662. The van der Waals surface area contributed by atoms with Gasteiger partial charge < -0.3 is 0 Å². The van der Waals surface area contributed by atoms with Gasteiger partial charge in [0.25, 0.3) is 0 Å². The predicted octanol–water partition coefficient (Wildman–Crippen LogP) is 11.0. The maximum Gasteiger partial charge on any atom is 0.0561 e. The minimum atomic E-state index is -0.221. The topological polar surface area (TPSA) is 0 Å². The summed E-state index contributed by atoms with van der Waals surface area (Å²) >= 11 is 0. The van der Waals surface area contributed by atoms with Crippen LogP contribution >= 0.6 is 0 Å². The van der Waals surface area contributed by atoms with Crippen LogP contribution in [0.1, 0.15) is 126 Å². The molecule has 0 aliphatic heterocycles. The Balaban J connectivity index is -0.000000110. The molecule has 31 heavy (non-hydrogen) atoms. The van der Waals surface area contributed by atoms with Crippen molar-refractivity contribution in [3.05, 3.63) is 0 Å². The SMILES string of the molecule is C[Si](C(C)(C)C)C(C)(C)C.C[Si](C(C)(C)C)C(C)(C)C.C[Si](C(C)(C)C)C(C)(C)C.[HH].[Sn]. The Morgan fingerprint density at radius 1 is 0.290 bits per heavy atom. The van der Waals surface area contributed by atoms with Crippen molar-refractivity contribution in [1.29, 1.82) is 0 Å². The van der Waals surface area contributed by atoms with Gasteiger partial charge in [0, 0.05) is 25.3 Å². The van der Waals surface area contributed by atoms with E-state index in [2.05, 4.69) is 144 Å². The number of hydrogen-bond donors (Lipinski definition) is 0. The van der Waals surface area contributed by atoms with E-state index in [1.54, 1.807) is 0 Å². The summed E-state index contributed by atoms with van der Waals surface area (Å²) in [6.07, 6.45) is 0. The van der Waals surface area contributed by atoms with Crippen LogP contribution in [0.3, 0.4) is 0 Å². The second kappa shape index (κ2) is 13.5.